The van der Waals surface area contributed by atoms with Gasteiger partial charge in [0, 0.05) is 4.75 Å². The maximum Gasteiger partial charge on any atom is 0.356 e. The topological polar surface area (TPSA) is 91.8 Å². The van der Waals surface area contributed by atoms with Crippen molar-refractivity contribution in [3.8, 4) is 0 Å². The number of aromatic carboxylic acids is 1. The monoisotopic (exact) mass is 252 g/mol. The standard InChI is InChI=1S/C10H12N4O2S/c1-10(2,3)17-9-13-5-6(8(15)16)11-4-12-7(5)14-9/h4H,1-3H3,(H,15,16)(H,11,12,13,14). The Balaban J connectivity index is 2.50. The third-order valence-corrected chi connectivity index (χ3v) is 2.87. The van der Waals surface area contributed by atoms with Crippen molar-refractivity contribution in [1.82, 2.24) is 19.9 Å². The van der Waals surface area contributed by atoms with Gasteiger partial charge in [-0.3, -0.25) is 0 Å². The average Bonchev–Trinajstić information content (AvgIpc) is 2.55. The van der Waals surface area contributed by atoms with Gasteiger partial charge in [-0.25, -0.2) is 19.7 Å². The Morgan fingerprint density at radius 2 is 2.12 bits per heavy atom. The molecular formula is C10H12N4O2S. The van der Waals surface area contributed by atoms with Crippen molar-refractivity contribution in [2.24, 2.45) is 0 Å². The summed E-state index contributed by atoms with van der Waals surface area (Å²) in [7, 11) is 0. The van der Waals surface area contributed by atoms with Crippen molar-refractivity contribution in [2.75, 3.05) is 0 Å². The number of aromatic nitrogens is 4. The van der Waals surface area contributed by atoms with Gasteiger partial charge >= 0.3 is 5.97 Å². The van der Waals surface area contributed by atoms with Crippen LogP contribution in [0.2, 0.25) is 0 Å². The zero-order valence-corrected chi connectivity index (χ0v) is 10.5. The molecule has 0 saturated carbocycles. The Labute approximate surface area is 102 Å². The minimum atomic E-state index is -1.09. The predicted molar refractivity (Wildman–Crippen MR) is 64.3 cm³/mol. The summed E-state index contributed by atoms with van der Waals surface area (Å²) < 4.78 is -0.00923. The van der Waals surface area contributed by atoms with Crippen molar-refractivity contribution >= 4 is 28.9 Å². The number of carboxylic acids is 1. The number of carbonyl (C=O) groups is 1. The molecule has 6 nitrogen and oxygen atoms in total. The van der Waals surface area contributed by atoms with Gasteiger partial charge in [0.15, 0.2) is 16.5 Å². The van der Waals surface area contributed by atoms with Gasteiger partial charge in [0.2, 0.25) is 0 Å². The van der Waals surface area contributed by atoms with Gasteiger partial charge in [-0.2, -0.15) is 0 Å². The molecule has 2 N–H and O–H groups in total. The molecule has 0 bridgehead atoms. The highest BCUT2D eigenvalue weighted by molar-refractivity contribution is 8.00. The molecule has 2 rings (SSSR count). The highest BCUT2D eigenvalue weighted by atomic mass is 32.2. The second-order valence-electron chi connectivity index (χ2n) is 4.48. The molecular weight excluding hydrogens is 240 g/mol. The van der Waals surface area contributed by atoms with Crippen LogP contribution in [0.1, 0.15) is 31.3 Å². The lowest BCUT2D eigenvalue weighted by atomic mass is 10.3. The van der Waals surface area contributed by atoms with Crippen LogP contribution in [-0.4, -0.2) is 35.8 Å². The first-order valence-corrected chi connectivity index (χ1v) is 5.81. The molecule has 0 saturated heterocycles. The van der Waals surface area contributed by atoms with Crippen LogP contribution < -0.4 is 0 Å². The van der Waals surface area contributed by atoms with Gasteiger partial charge in [-0.05, 0) is 0 Å². The van der Waals surface area contributed by atoms with E-state index in [0.29, 0.717) is 16.3 Å². The molecule has 17 heavy (non-hydrogen) atoms. The molecule has 0 fully saturated rings. The summed E-state index contributed by atoms with van der Waals surface area (Å²) in [5.74, 6) is -1.09. The fraction of sp³-hybridized carbons (Fsp3) is 0.400. The normalized spacial score (nSPS) is 11.9. The van der Waals surface area contributed by atoms with Crippen molar-refractivity contribution in [3.63, 3.8) is 0 Å². The molecule has 0 aliphatic rings. The molecule has 0 unspecified atom stereocenters. The van der Waals surface area contributed by atoms with Crippen molar-refractivity contribution in [1.29, 1.82) is 0 Å². The molecule has 2 aromatic rings. The third-order valence-electron chi connectivity index (χ3n) is 1.87. The fourth-order valence-electron chi connectivity index (χ4n) is 1.31. The Hall–Kier alpha value is -1.63. The second kappa shape index (κ2) is 3.99. The van der Waals surface area contributed by atoms with E-state index in [9.17, 15) is 4.79 Å². The van der Waals surface area contributed by atoms with Gasteiger partial charge < -0.3 is 10.1 Å². The van der Waals surface area contributed by atoms with Gasteiger partial charge in [0.1, 0.15) is 11.8 Å². The van der Waals surface area contributed by atoms with Crippen molar-refractivity contribution in [3.05, 3.63) is 12.0 Å². The minimum Gasteiger partial charge on any atom is -0.476 e. The zero-order valence-electron chi connectivity index (χ0n) is 9.68. The number of H-pyrrole nitrogens is 1. The Kier molecular flexibility index (Phi) is 2.78. The van der Waals surface area contributed by atoms with E-state index in [1.807, 2.05) is 0 Å². The SMILES string of the molecule is CC(C)(C)Sc1nc2ncnc(C(=O)O)c2[nH]1. The summed E-state index contributed by atoms with van der Waals surface area (Å²) in [6, 6.07) is 0. The molecule has 0 atom stereocenters. The number of rotatable bonds is 2. The summed E-state index contributed by atoms with van der Waals surface area (Å²) in [5.41, 5.74) is 0.694. The highest BCUT2D eigenvalue weighted by Gasteiger charge is 2.18. The van der Waals surface area contributed by atoms with Crippen LogP contribution in [0.3, 0.4) is 0 Å². The number of hydrogen-bond acceptors (Lipinski definition) is 5. The van der Waals surface area contributed by atoms with E-state index in [2.05, 4.69) is 40.7 Å². The maximum absolute atomic E-state index is 11.0. The maximum atomic E-state index is 11.0. The van der Waals surface area contributed by atoms with E-state index in [4.69, 9.17) is 5.11 Å². The number of fused-ring (bicyclic) bond motifs is 1. The van der Waals surface area contributed by atoms with E-state index in [0.717, 1.165) is 0 Å². The Morgan fingerprint density at radius 3 is 2.71 bits per heavy atom. The van der Waals surface area contributed by atoms with Gasteiger partial charge in [-0.1, -0.05) is 32.5 Å². The molecule has 90 valence electrons. The number of thioether (sulfide) groups is 1. The predicted octanol–water partition coefficient (Wildman–Crippen LogP) is 1.94. The zero-order chi connectivity index (χ0) is 12.6. The third kappa shape index (κ3) is 2.55. The van der Waals surface area contributed by atoms with Gasteiger partial charge in [0.05, 0.1) is 0 Å². The lowest BCUT2D eigenvalue weighted by Gasteiger charge is -2.14. The van der Waals surface area contributed by atoms with Crippen LogP contribution in [0, 0.1) is 0 Å². The minimum absolute atomic E-state index is 0.00923. The molecule has 2 aromatic heterocycles. The largest absolute Gasteiger partial charge is 0.476 e. The number of aromatic amines is 1. The first kappa shape index (κ1) is 11.8. The van der Waals surface area contributed by atoms with Crippen molar-refractivity contribution < 1.29 is 9.90 Å². The summed E-state index contributed by atoms with van der Waals surface area (Å²) in [6.45, 7) is 6.15. The summed E-state index contributed by atoms with van der Waals surface area (Å²) in [6.07, 6.45) is 1.21. The van der Waals surface area contributed by atoms with Crippen LogP contribution >= 0.6 is 11.8 Å². The smallest absolute Gasteiger partial charge is 0.356 e. The number of hydrogen-bond donors (Lipinski definition) is 2. The number of imidazole rings is 1. The molecule has 7 heteroatoms. The quantitative estimate of drug-likeness (QED) is 0.793. The summed E-state index contributed by atoms with van der Waals surface area (Å²) in [5, 5.41) is 9.63. The summed E-state index contributed by atoms with van der Waals surface area (Å²) in [4.78, 5) is 25.8. The number of carboxylic acid groups (broad SMARTS) is 1. The molecule has 0 spiro atoms. The number of nitrogens with zero attached hydrogens (tertiary/aromatic N) is 3. The van der Waals surface area contributed by atoms with Crippen LogP contribution in [0.5, 0.6) is 0 Å². The average molecular weight is 252 g/mol. The van der Waals surface area contributed by atoms with Gasteiger partial charge in [0.25, 0.3) is 0 Å². The molecule has 0 amide bonds. The molecule has 0 aromatic carbocycles. The first-order valence-electron chi connectivity index (χ1n) is 5.00. The second-order valence-corrected chi connectivity index (χ2v) is 6.30. The lowest BCUT2D eigenvalue weighted by molar-refractivity contribution is 0.0692. The Bertz CT molecular complexity index is 573. The van der Waals surface area contributed by atoms with E-state index < -0.39 is 5.97 Å². The van der Waals surface area contributed by atoms with E-state index >= 15 is 0 Å². The van der Waals surface area contributed by atoms with Crippen LogP contribution in [0.4, 0.5) is 0 Å². The van der Waals surface area contributed by atoms with Crippen molar-refractivity contribution in [2.45, 2.75) is 30.7 Å². The van der Waals surface area contributed by atoms with E-state index in [1.54, 1.807) is 0 Å². The van der Waals surface area contributed by atoms with E-state index in [-0.39, 0.29) is 10.4 Å². The fourth-order valence-corrected chi connectivity index (χ4v) is 2.17. The van der Waals surface area contributed by atoms with E-state index in [1.165, 1.54) is 18.1 Å². The van der Waals surface area contributed by atoms with Crippen LogP contribution in [0.25, 0.3) is 11.2 Å². The highest BCUT2D eigenvalue weighted by Crippen LogP contribution is 2.30. The first-order chi connectivity index (χ1) is 7.87. The molecule has 2 heterocycles. The van der Waals surface area contributed by atoms with Gasteiger partial charge in [-0.15, -0.1) is 0 Å². The van der Waals surface area contributed by atoms with Crippen LogP contribution in [-0.2, 0) is 0 Å². The molecule has 0 radical (unpaired) electrons. The summed E-state index contributed by atoms with van der Waals surface area (Å²) >= 11 is 1.52. The lowest BCUT2D eigenvalue weighted by Crippen LogP contribution is -2.07. The Morgan fingerprint density at radius 1 is 1.41 bits per heavy atom. The molecule has 0 aliphatic carbocycles. The number of nitrogens with one attached hydrogen (secondary N) is 1. The molecule has 0 aliphatic heterocycles. The van der Waals surface area contributed by atoms with Crippen LogP contribution in [0.15, 0.2) is 11.5 Å².